The Hall–Kier alpha value is -1.63. The molecule has 1 amide bonds. The van der Waals surface area contributed by atoms with Crippen LogP contribution in [0, 0.1) is 11.8 Å². The summed E-state index contributed by atoms with van der Waals surface area (Å²) in [6.07, 6.45) is 8.00. The summed E-state index contributed by atoms with van der Waals surface area (Å²) >= 11 is 0. The molecule has 0 radical (unpaired) electrons. The van der Waals surface area contributed by atoms with Crippen LogP contribution >= 0.6 is 0 Å². The molecule has 0 unspecified atom stereocenters. The van der Waals surface area contributed by atoms with Crippen LogP contribution in [0.1, 0.15) is 49.1 Å². The standard InChI is InChI=1S/C19H30N6O/c1-22-17(18(26)24-6-2-3-7-24)20-21-19(22)25-10-8-23(9-11-25)16-13-14-4-5-15(16)12-14/h14-16H,2-13H2,1H3/t14-,15+,16-/m1/s1. The number of amides is 1. The van der Waals surface area contributed by atoms with Gasteiger partial charge in [0.05, 0.1) is 0 Å². The molecule has 1 aromatic heterocycles. The number of carbonyl (C=O) groups excluding carboxylic acids is 1. The zero-order valence-corrected chi connectivity index (χ0v) is 15.8. The first-order valence-corrected chi connectivity index (χ1v) is 10.4. The average Bonchev–Trinajstić information content (AvgIpc) is 3.45. The van der Waals surface area contributed by atoms with Gasteiger partial charge in [-0.1, -0.05) is 6.42 Å². The third-order valence-corrected chi connectivity index (χ3v) is 7.20. The molecule has 5 rings (SSSR count). The van der Waals surface area contributed by atoms with Crippen molar-refractivity contribution < 1.29 is 4.79 Å². The molecule has 0 spiro atoms. The van der Waals surface area contributed by atoms with Crippen LogP contribution in [0.25, 0.3) is 0 Å². The van der Waals surface area contributed by atoms with Gasteiger partial charge < -0.3 is 9.80 Å². The number of fused-ring (bicyclic) bond motifs is 2. The van der Waals surface area contributed by atoms with Crippen LogP contribution in [0.2, 0.25) is 0 Å². The Morgan fingerprint density at radius 1 is 0.962 bits per heavy atom. The van der Waals surface area contributed by atoms with E-state index in [0.29, 0.717) is 5.82 Å². The Balaban J connectivity index is 1.23. The maximum absolute atomic E-state index is 12.6. The van der Waals surface area contributed by atoms with Crippen molar-refractivity contribution in [3.63, 3.8) is 0 Å². The topological polar surface area (TPSA) is 57.5 Å². The molecule has 4 aliphatic rings. The molecular formula is C19H30N6O. The maximum atomic E-state index is 12.6. The van der Waals surface area contributed by atoms with E-state index in [4.69, 9.17) is 0 Å². The fourth-order valence-electron chi connectivity index (χ4n) is 5.76. The molecule has 142 valence electrons. The van der Waals surface area contributed by atoms with Gasteiger partial charge >= 0.3 is 0 Å². The van der Waals surface area contributed by atoms with E-state index in [1.807, 2.05) is 16.5 Å². The van der Waals surface area contributed by atoms with Crippen molar-refractivity contribution in [2.75, 3.05) is 44.2 Å². The minimum absolute atomic E-state index is 0.0318. The second-order valence-electron chi connectivity index (χ2n) is 8.65. The van der Waals surface area contributed by atoms with Crippen molar-refractivity contribution in [2.24, 2.45) is 18.9 Å². The summed E-state index contributed by atoms with van der Waals surface area (Å²) in [6, 6.07) is 0.822. The number of nitrogens with zero attached hydrogens (tertiary/aromatic N) is 6. The van der Waals surface area contributed by atoms with Crippen LogP contribution in [-0.2, 0) is 7.05 Å². The highest BCUT2D eigenvalue weighted by Gasteiger charge is 2.43. The smallest absolute Gasteiger partial charge is 0.291 e. The Morgan fingerprint density at radius 3 is 2.38 bits per heavy atom. The molecule has 4 fully saturated rings. The van der Waals surface area contributed by atoms with Crippen LogP contribution < -0.4 is 4.90 Å². The van der Waals surface area contributed by atoms with Gasteiger partial charge in [-0.2, -0.15) is 0 Å². The lowest BCUT2D eigenvalue weighted by Crippen LogP contribution is -2.52. The van der Waals surface area contributed by atoms with Gasteiger partial charge in [-0.05, 0) is 43.9 Å². The van der Waals surface area contributed by atoms with Gasteiger partial charge in [0.15, 0.2) is 0 Å². The van der Waals surface area contributed by atoms with Gasteiger partial charge in [0.2, 0.25) is 11.8 Å². The van der Waals surface area contributed by atoms with E-state index in [0.717, 1.165) is 75.9 Å². The quantitative estimate of drug-likeness (QED) is 0.817. The predicted molar refractivity (Wildman–Crippen MR) is 99.2 cm³/mol. The van der Waals surface area contributed by atoms with Crippen LogP contribution in [0.4, 0.5) is 5.95 Å². The molecule has 1 aromatic rings. The predicted octanol–water partition coefficient (Wildman–Crippen LogP) is 1.36. The first-order chi connectivity index (χ1) is 12.7. The SMILES string of the molecule is Cn1c(C(=O)N2CCCC2)nnc1N1CCN([C@@H]2C[C@@H]3CC[C@H]2C3)CC1. The summed E-state index contributed by atoms with van der Waals surface area (Å²) in [5.41, 5.74) is 0. The molecule has 0 N–H and O–H groups in total. The zero-order valence-electron chi connectivity index (χ0n) is 15.8. The summed E-state index contributed by atoms with van der Waals surface area (Å²) in [7, 11) is 1.93. The number of aromatic nitrogens is 3. The molecule has 26 heavy (non-hydrogen) atoms. The van der Waals surface area contributed by atoms with Gasteiger partial charge in [0.1, 0.15) is 0 Å². The van der Waals surface area contributed by atoms with Crippen LogP contribution in [0.5, 0.6) is 0 Å². The first-order valence-electron chi connectivity index (χ1n) is 10.4. The monoisotopic (exact) mass is 358 g/mol. The lowest BCUT2D eigenvalue weighted by atomic mass is 9.93. The van der Waals surface area contributed by atoms with Crippen LogP contribution in [0.3, 0.4) is 0 Å². The highest BCUT2D eigenvalue weighted by atomic mass is 16.2. The van der Waals surface area contributed by atoms with Crippen molar-refractivity contribution in [3.05, 3.63) is 5.82 Å². The number of rotatable bonds is 3. The lowest BCUT2D eigenvalue weighted by molar-refractivity contribution is 0.0776. The molecule has 3 heterocycles. The molecule has 2 aliphatic heterocycles. The zero-order chi connectivity index (χ0) is 17.7. The summed E-state index contributed by atoms with van der Waals surface area (Å²) in [6.45, 7) is 5.88. The van der Waals surface area contributed by atoms with Crippen molar-refractivity contribution in [1.82, 2.24) is 24.6 Å². The molecule has 2 aliphatic carbocycles. The van der Waals surface area contributed by atoms with E-state index in [1.54, 1.807) is 0 Å². The number of likely N-dealkylation sites (tertiary alicyclic amines) is 1. The Morgan fingerprint density at radius 2 is 1.73 bits per heavy atom. The van der Waals surface area contributed by atoms with Gasteiger partial charge in [0.25, 0.3) is 5.91 Å². The first kappa shape index (κ1) is 16.5. The lowest BCUT2D eigenvalue weighted by Gasteiger charge is -2.41. The highest BCUT2D eigenvalue weighted by molar-refractivity contribution is 5.91. The van der Waals surface area contributed by atoms with Crippen molar-refractivity contribution >= 4 is 11.9 Å². The van der Waals surface area contributed by atoms with Gasteiger partial charge in [-0.15, -0.1) is 10.2 Å². The van der Waals surface area contributed by atoms with E-state index in [2.05, 4.69) is 20.0 Å². The molecule has 0 aromatic carbocycles. The minimum atomic E-state index is 0.0318. The Kier molecular flexibility index (Phi) is 4.14. The highest BCUT2D eigenvalue weighted by Crippen LogP contribution is 2.46. The molecular weight excluding hydrogens is 328 g/mol. The molecule has 2 saturated carbocycles. The van der Waals surface area contributed by atoms with E-state index in [1.165, 1.54) is 25.7 Å². The maximum Gasteiger partial charge on any atom is 0.291 e. The summed E-state index contributed by atoms with van der Waals surface area (Å²) in [5.74, 6) is 3.31. The van der Waals surface area contributed by atoms with Crippen LogP contribution in [-0.4, -0.2) is 75.8 Å². The molecule has 2 saturated heterocycles. The Labute approximate surface area is 155 Å². The number of anilines is 1. The fraction of sp³-hybridized carbons (Fsp3) is 0.842. The molecule has 7 heteroatoms. The number of carbonyl (C=O) groups is 1. The summed E-state index contributed by atoms with van der Waals surface area (Å²) in [5, 5.41) is 8.59. The van der Waals surface area contributed by atoms with E-state index >= 15 is 0 Å². The van der Waals surface area contributed by atoms with E-state index < -0.39 is 0 Å². The molecule has 3 atom stereocenters. The second kappa shape index (κ2) is 6.51. The van der Waals surface area contributed by atoms with Gasteiger partial charge in [0, 0.05) is 52.4 Å². The normalized spacial score (nSPS) is 32.0. The van der Waals surface area contributed by atoms with Gasteiger partial charge in [-0.3, -0.25) is 14.3 Å². The van der Waals surface area contributed by atoms with Crippen molar-refractivity contribution in [2.45, 2.75) is 44.6 Å². The Bertz CT molecular complexity index is 674. The average molecular weight is 358 g/mol. The van der Waals surface area contributed by atoms with Crippen molar-refractivity contribution in [3.8, 4) is 0 Å². The number of hydrogen-bond donors (Lipinski definition) is 0. The third kappa shape index (κ3) is 2.71. The number of hydrogen-bond acceptors (Lipinski definition) is 5. The molecule has 7 nitrogen and oxygen atoms in total. The van der Waals surface area contributed by atoms with Crippen LogP contribution in [0.15, 0.2) is 0 Å². The van der Waals surface area contributed by atoms with Crippen molar-refractivity contribution in [1.29, 1.82) is 0 Å². The molecule has 2 bridgehead atoms. The summed E-state index contributed by atoms with van der Waals surface area (Å²) in [4.78, 5) is 19.6. The van der Waals surface area contributed by atoms with E-state index in [-0.39, 0.29) is 5.91 Å². The minimum Gasteiger partial charge on any atom is -0.338 e. The van der Waals surface area contributed by atoms with E-state index in [9.17, 15) is 4.79 Å². The third-order valence-electron chi connectivity index (χ3n) is 7.20. The summed E-state index contributed by atoms with van der Waals surface area (Å²) < 4.78 is 1.90. The fourth-order valence-corrected chi connectivity index (χ4v) is 5.76. The second-order valence-corrected chi connectivity index (χ2v) is 8.65. The van der Waals surface area contributed by atoms with Gasteiger partial charge in [-0.25, -0.2) is 0 Å². The number of piperazine rings is 1. The largest absolute Gasteiger partial charge is 0.338 e.